The van der Waals surface area contributed by atoms with Crippen LogP contribution in [0, 0.1) is 0 Å². The van der Waals surface area contributed by atoms with Crippen molar-refractivity contribution in [1.82, 2.24) is 24.5 Å². The third-order valence-corrected chi connectivity index (χ3v) is 3.61. The molecule has 0 unspecified atom stereocenters. The van der Waals surface area contributed by atoms with E-state index in [0.717, 1.165) is 43.8 Å². The summed E-state index contributed by atoms with van der Waals surface area (Å²) >= 11 is 0. The van der Waals surface area contributed by atoms with Crippen molar-refractivity contribution in [1.29, 1.82) is 0 Å². The van der Waals surface area contributed by atoms with E-state index in [4.69, 9.17) is 4.42 Å². The number of unbranched alkanes of at least 4 members (excludes halogenated alkanes) is 1. The Morgan fingerprint density at radius 1 is 1.27 bits per heavy atom. The average Bonchev–Trinajstić information content (AvgIpc) is 3.23. The number of aromatic nitrogens is 5. The Morgan fingerprint density at radius 2 is 2.18 bits per heavy atom. The normalized spacial score (nSPS) is 11.2. The maximum absolute atomic E-state index is 5.41. The molecule has 0 aromatic carbocycles. The predicted octanol–water partition coefficient (Wildman–Crippen LogP) is 2.86. The zero-order chi connectivity index (χ0) is 15.4. The Kier molecular flexibility index (Phi) is 4.37. The van der Waals surface area contributed by atoms with Gasteiger partial charge in [-0.2, -0.15) is 5.10 Å². The summed E-state index contributed by atoms with van der Waals surface area (Å²) in [5.74, 6) is 2.39. The van der Waals surface area contributed by atoms with Crippen LogP contribution in [-0.4, -0.2) is 24.5 Å². The smallest absolute Gasteiger partial charge is 0.217 e. The van der Waals surface area contributed by atoms with E-state index in [0.29, 0.717) is 5.82 Å². The van der Waals surface area contributed by atoms with E-state index >= 15 is 0 Å². The SMILES string of the molecule is CCCCn1nc(-c2ccco2)nc1CCc1cnn(C)c1. The Balaban J connectivity index is 1.78. The van der Waals surface area contributed by atoms with E-state index in [2.05, 4.69) is 22.1 Å². The van der Waals surface area contributed by atoms with Gasteiger partial charge in [0.05, 0.1) is 12.5 Å². The minimum atomic E-state index is 0.669. The van der Waals surface area contributed by atoms with Crippen molar-refractivity contribution in [2.24, 2.45) is 7.05 Å². The van der Waals surface area contributed by atoms with Gasteiger partial charge >= 0.3 is 0 Å². The molecule has 0 amide bonds. The quantitative estimate of drug-likeness (QED) is 0.673. The van der Waals surface area contributed by atoms with Gasteiger partial charge in [0, 0.05) is 26.2 Å². The van der Waals surface area contributed by atoms with Crippen LogP contribution in [0.15, 0.2) is 35.2 Å². The summed E-state index contributed by atoms with van der Waals surface area (Å²) in [4.78, 5) is 4.66. The topological polar surface area (TPSA) is 61.7 Å². The fourth-order valence-electron chi connectivity index (χ4n) is 2.41. The number of aryl methyl sites for hydroxylation is 4. The minimum Gasteiger partial charge on any atom is -0.461 e. The van der Waals surface area contributed by atoms with Crippen molar-refractivity contribution in [3.63, 3.8) is 0 Å². The number of nitrogens with zero attached hydrogens (tertiary/aromatic N) is 5. The van der Waals surface area contributed by atoms with Crippen molar-refractivity contribution >= 4 is 0 Å². The number of rotatable bonds is 7. The number of hydrogen-bond acceptors (Lipinski definition) is 4. The van der Waals surface area contributed by atoms with Crippen molar-refractivity contribution in [3.8, 4) is 11.6 Å². The first-order chi connectivity index (χ1) is 10.8. The Morgan fingerprint density at radius 3 is 2.86 bits per heavy atom. The highest BCUT2D eigenvalue weighted by Crippen LogP contribution is 2.17. The van der Waals surface area contributed by atoms with E-state index in [1.807, 2.05) is 40.9 Å². The van der Waals surface area contributed by atoms with Gasteiger partial charge in [0.2, 0.25) is 5.82 Å². The summed E-state index contributed by atoms with van der Waals surface area (Å²) in [6, 6.07) is 3.75. The summed E-state index contributed by atoms with van der Waals surface area (Å²) in [6.07, 6.45) is 9.59. The van der Waals surface area contributed by atoms with Crippen molar-refractivity contribution < 1.29 is 4.42 Å². The molecule has 6 nitrogen and oxygen atoms in total. The highest BCUT2D eigenvalue weighted by Gasteiger charge is 2.13. The molecule has 3 rings (SSSR count). The molecule has 0 radical (unpaired) electrons. The Labute approximate surface area is 129 Å². The summed E-state index contributed by atoms with van der Waals surface area (Å²) in [6.45, 7) is 3.08. The van der Waals surface area contributed by atoms with Crippen LogP contribution in [0.25, 0.3) is 11.6 Å². The highest BCUT2D eigenvalue weighted by molar-refractivity contribution is 5.45. The first-order valence-electron chi connectivity index (χ1n) is 7.71. The van der Waals surface area contributed by atoms with Gasteiger partial charge in [0.25, 0.3) is 0 Å². The molecule has 3 heterocycles. The molecule has 0 saturated carbocycles. The third-order valence-electron chi connectivity index (χ3n) is 3.61. The molecule has 0 aliphatic heterocycles. The van der Waals surface area contributed by atoms with Crippen LogP contribution in [0.1, 0.15) is 31.2 Å². The number of hydrogen-bond donors (Lipinski definition) is 0. The maximum atomic E-state index is 5.41. The standard InChI is InChI=1S/C16H21N5O/c1-3-4-9-21-15(8-7-13-11-17-20(2)12-13)18-16(19-21)14-6-5-10-22-14/h5-6,10-12H,3-4,7-9H2,1-2H3. The van der Waals surface area contributed by atoms with Crippen LogP contribution in [0.5, 0.6) is 0 Å². The summed E-state index contributed by atoms with van der Waals surface area (Å²) in [5.41, 5.74) is 1.21. The van der Waals surface area contributed by atoms with Gasteiger partial charge in [-0.15, -0.1) is 5.10 Å². The fourth-order valence-corrected chi connectivity index (χ4v) is 2.41. The Bertz CT molecular complexity index is 711. The molecule has 0 aliphatic carbocycles. The first-order valence-corrected chi connectivity index (χ1v) is 7.71. The fraction of sp³-hybridized carbons (Fsp3) is 0.438. The van der Waals surface area contributed by atoms with Crippen LogP contribution in [-0.2, 0) is 26.4 Å². The molecule has 0 N–H and O–H groups in total. The molecule has 3 aromatic heterocycles. The van der Waals surface area contributed by atoms with Crippen LogP contribution in [0.3, 0.4) is 0 Å². The van der Waals surface area contributed by atoms with Gasteiger partial charge in [-0.3, -0.25) is 4.68 Å². The van der Waals surface area contributed by atoms with Gasteiger partial charge < -0.3 is 4.42 Å². The largest absolute Gasteiger partial charge is 0.461 e. The minimum absolute atomic E-state index is 0.669. The monoisotopic (exact) mass is 299 g/mol. The second-order valence-electron chi connectivity index (χ2n) is 5.43. The lowest BCUT2D eigenvalue weighted by molar-refractivity contribution is 0.539. The molecule has 0 bridgehead atoms. The van der Waals surface area contributed by atoms with Crippen molar-refractivity contribution in [3.05, 3.63) is 42.2 Å². The second-order valence-corrected chi connectivity index (χ2v) is 5.43. The van der Waals surface area contributed by atoms with E-state index in [1.165, 1.54) is 5.56 Å². The van der Waals surface area contributed by atoms with Crippen molar-refractivity contribution in [2.45, 2.75) is 39.2 Å². The lowest BCUT2D eigenvalue weighted by Crippen LogP contribution is -2.07. The molecule has 0 fully saturated rings. The molecule has 116 valence electrons. The molecule has 0 atom stereocenters. The van der Waals surface area contributed by atoms with E-state index in [9.17, 15) is 0 Å². The van der Waals surface area contributed by atoms with E-state index < -0.39 is 0 Å². The Hall–Kier alpha value is -2.37. The lowest BCUT2D eigenvalue weighted by atomic mass is 10.2. The summed E-state index contributed by atoms with van der Waals surface area (Å²) in [5, 5.41) is 8.80. The lowest BCUT2D eigenvalue weighted by Gasteiger charge is -2.03. The van der Waals surface area contributed by atoms with Crippen LogP contribution < -0.4 is 0 Å². The molecule has 22 heavy (non-hydrogen) atoms. The van der Waals surface area contributed by atoms with Crippen LogP contribution >= 0.6 is 0 Å². The molecule has 0 saturated heterocycles. The van der Waals surface area contributed by atoms with Gasteiger partial charge in [-0.1, -0.05) is 13.3 Å². The predicted molar refractivity (Wildman–Crippen MR) is 83.2 cm³/mol. The molecular formula is C16H21N5O. The van der Waals surface area contributed by atoms with Gasteiger partial charge in [-0.05, 0) is 30.5 Å². The van der Waals surface area contributed by atoms with E-state index in [1.54, 1.807) is 6.26 Å². The summed E-state index contributed by atoms with van der Waals surface area (Å²) < 4.78 is 9.24. The van der Waals surface area contributed by atoms with E-state index in [-0.39, 0.29) is 0 Å². The molecular weight excluding hydrogens is 278 g/mol. The first kappa shape index (κ1) is 14.6. The zero-order valence-corrected chi connectivity index (χ0v) is 13.1. The molecule has 3 aromatic rings. The second kappa shape index (κ2) is 6.60. The van der Waals surface area contributed by atoms with Gasteiger partial charge in [0.15, 0.2) is 5.76 Å². The van der Waals surface area contributed by atoms with Crippen molar-refractivity contribution in [2.75, 3.05) is 0 Å². The van der Waals surface area contributed by atoms with Crippen LogP contribution in [0.2, 0.25) is 0 Å². The van der Waals surface area contributed by atoms with Gasteiger partial charge in [-0.25, -0.2) is 9.67 Å². The summed E-state index contributed by atoms with van der Waals surface area (Å²) in [7, 11) is 1.93. The van der Waals surface area contributed by atoms with Gasteiger partial charge in [0.1, 0.15) is 5.82 Å². The number of furan rings is 1. The zero-order valence-electron chi connectivity index (χ0n) is 13.1. The highest BCUT2D eigenvalue weighted by atomic mass is 16.3. The molecule has 0 aliphatic rings. The average molecular weight is 299 g/mol. The maximum Gasteiger partial charge on any atom is 0.217 e. The molecule has 6 heteroatoms. The molecule has 0 spiro atoms. The van der Waals surface area contributed by atoms with Crippen LogP contribution in [0.4, 0.5) is 0 Å². The third kappa shape index (κ3) is 3.27.